The highest BCUT2D eigenvalue weighted by Gasteiger charge is 2.27. The normalized spacial score (nSPS) is 14.2. The fraction of sp³-hybridized carbons (Fsp3) is 0.892. The Hall–Kier alpha value is -1.29. The fourth-order valence-corrected chi connectivity index (χ4v) is 5.95. The lowest BCUT2D eigenvalue weighted by molar-refractivity contribution is -0.161. The molecule has 284 valence electrons. The zero-order valence-corrected chi connectivity index (χ0v) is 31.4. The third-order valence-electron chi connectivity index (χ3n) is 8.17. The third kappa shape index (κ3) is 33.2. The van der Waals surface area contributed by atoms with E-state index in [1.54, 1.807) is 0 Å². The standard InChI is InChI=1S/C37H71O10P/c1-3-5-7-9-11-13-15-17-19-21-23-25-27-29-37(41)47-35(33-46-48(42,43)45-31-34(39)30-38)32-44-36(40)28-26-24-22-20-18-16-14-12-10-8-6-4-2/h12,14,34-35,38-39H,3-11,13,15-33H2,1-2H3,(H,42,43)/b14-12+/t34-,35-/m1/s1. The van der Waals surface area contributed by atoms with Crippen molar-refractivity contribution < 1.29 is 47.8 Å². The van der Waals surface area contributed by atoms with Gasteiger partial charge in [-0.25, -0.2) is 4.57 Å². The molecule has 0 amide bonds. The summed E-state index contributed by atoms with van der Waals surface area (Å²) in [6, 6.07) is 0. The van der Waals surface area contributed by atoms with Crippen molar-refractivity contribution in [2.45, 2.75) is 187 Å². The van der Waals surface area contributed by atoms with Crippen molar-refractivity contribution in [3.05, 3.63) is 12.2 Å². The smallest absolute Gasteiger partial charge is 0.462 e. The SMILES string of the molecule is CCCCC/C=C/CCCCCCCC(=O)OC[C@H](COP(=O)(O)OC[C@H](O)CO)OC(=O)CCCCCCCCCCCCCCC. The van der Waals surface area contributed by atoms with Crippen LogP contribution in [0.3, 0.4) is 0 Å². The van der Waals surface area contributed by atoms with Crippen LogP contribution in [0, 0.1) is 0 Å². The van der Waals surface area contributed by atoms with Crippen molar-refractivity contribution in [2.24, 2.45) is 0 Å². The molecule has 0 aromatic heterocycles. The highest BCUT2D eigenvalue weighted by molar-refractivity contribution is 7.47. The first-order valence-corrected chi connectivity index (χ1v) is 20.6. The molecule has 10 nitrogen and oxygen atoms in total. The second-order valence-corrected chi connectivity index (χ2v) is 14.4. The molecule has 3 N–H and O–H groups in total. The maximum atomic E-state index is 12.5. The molecule has 0 bridgehead atoms. The van der Waals surface area contributed by atoms with Crippen LogP contribution in [0.25, 0.3) is 0 Å². The van der Waals surface area contributed by atoms with Crippen molar-refractivity contribution in [3.63, 3.8) is 0 Å². The lowest BCUT2D eigenvalue weighted by Gasteiger charge is -2.20. The number of unbranched alkanes of at least 4 members (excludes halogenated alkanes) is 20. The number of phosphoric ester groups is 1. The average Bonchev–Trinajstić information content (AvgIpc) is 3.07. The summed E-state index contributed by atoms with van der Waals surface area (Å²) in [5.74, 6) is -0.931. The molecular formula is C37H71O10P. The van der Waals surface area contributed by atoms with Gasteiger partial charge in [0.15, 0.2) is 6.10 Å². The van der Waals surface area contributed by atoms with Crippen LogP contribution in [-0.4, -0.2) is 65.7 Å². The largest absolute Gasteiger partial charge is 0.472 e. The minimum atomic E-state index is -4.61. The van der Waals surface area contributed by atoms with Crippen LogP contribution in [0.2, 0.25) is 0 Å². The van der Waals surface area contributed by atoms with E-state index in [-0.39, 0.29) is 19.4 Å². The molecule has 0 fully saturated rings. The van der Waals surface area contributed by atoms with Crippen molar-refractivity contribution >= 4 is 19.8 Å². The summed E-state index contributed by atoms with van der Waals surface area (Å²) in [5, 5.41) is 18.3. The van der Waals surface area contributed by atoms with E-state index in [1.807, 2.05) is 0 Å². The Balaban J connectivity index is 4.37. The number of aliphatic hydroxyl groups excluding tert-OH is 2. The van der Waals surface area contributed by atoms with Gasteiger partial charge in [0.1, 0.15) is 12.7 Å². The van der Waals surface area contributed by atoms with Gasteiger partial charge in [-0.3, -0.25) is 18.6 Å². The van der Waals surface area contributed by atoms with Crippen LogP contribution >= 0.6 is 7.82 Å². The molecule has 3 atom stereocenters. The highest BCUT2D eigenvalue weighted by atomic mass is 31.2. The first-order chi connectivity index (χ1) is 23.2. The summed E-state index contributed by atoms with van der Waals surface area (Å²) in [6.07, 6.45) is 28.9. The Bertz CT molecular complexity index is 822. The number of carbonyl (C=O) groups is 2. The number of ether oxygens (including phenoxy) is 2. The monoisotopic (exact) mass is 706 g/mol. The molecular weight excluding hydrogens is 635 g/mol. The summed E-state index contributed by atoms with van der Waals surface area (Å²) in [5.41, 5.74) is 0. The van der Waals surface area contributed by atoms with Crippen LogP contribution in [0.4, 0.5) is 0 Å². The topological polar surface area (TPSA) is 149 Å². The van der Waals surface area contributed by atoms with Gasteiger partial charge < -0.3 is 24.6 Å². The van der Waals surface area contributed by atoms with Crippen molar-refractivity contribution in [1.82, 2.24) is 0 Å². The molecule has 11 heteroatoms. The molecule has 48 heavy (non-hydrogen) atoms. The second-order valence-electron chi connectivity index (χ2n) is 13.0. The van der Waals surface area contributed by atoms with E-state index in [1.165, 1.54) is 77.0 Å². The number of hydrogen-bond donors (Lipinski definition) is 3. The summed E-state index contributed by atoms with van der Waals surface area (Å²) < 4.78 is 32.5. The predicted octanol–water partition coefficient (Wildman–Crippen LogP) is 9.28. The second kappa shape index (κ2) is 34.2. The van der Waals surface area contributed by atoms with Crippen molar-refractivity contribution in [3.8, 4) is 0 Å². The maximum Gasteiger partial charge on any atom is 0.472 e. The Morgan fingerprint density at radius 3 is 1.54 bits per heavy atom. The molecule has 0 spiro atoms. The van der Waals surface area contributed by atoms with E-state index in [0.29, 0.717) is 12.8 Å². The highest BCUT2D eigenvalue weighted by Crippen LogP contribution is 2.43. The summed E-state index contributed by atoms with van der Waals surface area (Å²) in [7, 11) is -4.61. The van der Waals surface area contributed by atoms with Gasteiger partial charge in [-0.15, -0.1) is 0 Å². The summed E-state index contributed by atoms with van der Waals surface area (Å²) in [4.78, 5) is 34.8. The molecule has 0 radical (unpaired) electrons. The van der Waals surface area contributed by atoms with Crippen LogP contribution in [0.5, 0.6) is 0 Å². The quantitative estimate of drug-likeness (QED) is 0.0249. The minimum absolute atomic E-state index is 0.187. The van der Waals surface area contributed by atoms with Crippen LogP contribution < -0.4 is 0 Å². The number of phosphoric acid groups is 1. The lowest BCUT2D eigenvalue weighted by atomic mass is 10.0. The molecule has 0 saturated carbocycles. The van der Waals surface area contributed by atoms with Crippen LogP contribution in [0.1, 0.15) is 174 Å². The van der Waals surface area contributed by atoms with Gasteiger partial charge in [0.25, 0.3) is 0 Å². The number of rotatable bonds is 36. The van der Waals surface area contributed by atoms with Gasteiger partial charge in [-0.1, -0.05) is 135 Å². The van der Waals surface area contributed by atoms with E-state index < -0.39 is 51.8 Å². The van der Waals surface area contributed by atoms with Gasteiger partial charge in [-0.05, 0) is 38.5 Å². The van der Waals surface area contributed by atoms with E-state index in [2.05, 4.69) is 30.5 Å². The Morgan fingerprint density at radius 1 is 0.604 bits per heavy atom. The number of esters is 2. The predicted molar refractivity (Wildman–Crippen MR) is 192 cm³/mol. The minimum Gasteiger partial charge on any atom is -0.462 e. The zero-order chi connectivity index (χ0) is 35.6. The molecule has 0 rings (SSSR count). The summed E-state index contributed by atoms with van der Waals surface area (Å²) >= 11 is 0. The molecule has 0 heterocycles. The molecule has 0 saturated heterocycles. The molecule has 1 unspecified atom stereocenters. The lowest BCUT2D eigenvalue weighted by Crippen LogP contribution is -2.29. The maximum absolute atomic E-state index is 12.5. The summed E-state index contributed by atoms with van der Waals surface area (Å²) in [6.45, 7) is 2.34. The Kier molecular flexibility index (Phi) is 33.3. The number of carbonyl (C=O) groups excluding carboxylic acids is 2. The zero-order valence-electron chi connectivity index (χ0n) is 30.5. The number of hydrogen-bond acceptors (Lipinski definition) is 9. The van der Waals surface area contributed by atoms with E-state index >= 15 is 0 Å². The van der Waals surface area contributed by atoms with Crippen molar-refractivity contribution in [1.29, 1.82) is 0 Å². The van der Waals surface area contributed by atoms with Gasteiger partial charge >= 0.3 is 19.8 Å². The van der Waals surface area contributed by atoms with Gasteiger partial charge in [0.2, 0.25) is 0 Å². The first-order valence-electron chi connectivity index (χ1n) is 19.1. The molecule has 0 aliphatic rings. The third-order valence-corrected chi connectivity index (χ3v) is 9.12. The number of allylic oxidation sites excluding steroid dienone is 2. The van der Waals surface area contributed by atoms with Gasteiger partial charge in [0.05, 0.1) is 19.8 Å². The Morgan fingerprint density at radius 2 is 1.02 bits per heavy atom. The van der Waals surface area contributed by atoms with E-state index in [0.717, 1.165) is 57.8 Å². The molecule has 0 aliphatic heterocycles. The van der Waals surface area contributed by atoms with Crippen LogP contribution in [-0.2, 0) is 32.7 Å². The van der Waals surface area contributed by atoms with Gasteiger partial charge in [0, 0.05) is 12.8 Å². The van der Waals surface area contributed by atoms with Crippen molar-refractivity contribution in [2.75, 3.05) is 26.4 Å². The molecule has 0 aliphatic carbocycles. The number of aliphatic hydroxyl groups is 2. The van der Waals surface area contributed by atoms with Crippen LogP contribution in [0.15, 0.2) is 12.2 Å². The molecule has 0 aromatic carbocycles. The van der Waals surface area contributed by atoms with E-state index in [9.17, 15) is 24.2 Å². The average molecular weight is 707 g/mol. The molecule has 0 aromatic rings. The van der Waals surface area contributed by atoms with E-state index in [4.69, 9.17) is 19.1 Å². The Labute approximate surface area is 292 Å². The van der Waals surface area contributed by atoms with Gasteiger partial charge in [-0.2, -0.15) is 0 Å². The fourth-order valence-electron chi connectivity index (χ4n) is 5.16. The first kappa shape index (κ1) is 46.7.